The van der Waals surface area contributed by atoms with Crippen molar-refractivity contribution in [3.05, 3.63) is 0 Å². The maximum absolute atomic E-state index is 12.5. The van der Waals surface area contributed by atoms with E-state index in [-0.39, 0.29) is 5.92 Å². The predicted octanol–water partition coefficient (Wildman–Crippen LogP) is 8.87. The summed E-state index contributed by atoms with van der Waals surface area (Å²) in [6.07, 6.45) is 20.0. The molecule has 0 aliphatic heterocycles. The summed E-state index contributed by atoms with van der Waals surface area (Å²) in [4.78, 5) is 24.9. The Hall–Kier alpha value is -1.06. The summed E-state index contributed by atoms with van der Waals surface area (Å²) < 4.78 is 0. The molecule has 0 amide bonds. The molecule has 0 bridgehead atoms. The van der Waals surface area contributed by atoms with Gasteiger partial charge in [0, 0.05) is 0 Å². The van der Waals surface area contributed by atoms with Crippen molar-refractivity contribution in [2.45, 2.75) is 150 Å². The Morgan fingerprint density at radius 3 is 1.39 bits per heavy atom. The predicted molar refractivity (Wildman–Crippen MR) is 138 cm³/mol. The summed E-state index contributed by atoms with van der Waals surface area (Å²) in [5, 5.41) is 20.4. The van der Waals surface area contributed by atoms with Crippen molar-refractivity contribution < 1.29 is 19.8 Å². The molecule has 4 heteroatoms. The van der Waals surface area contributed by atoms with Crippen LogP contribution in [0.2, 0.25) is 0 Å². The molecule has 1 rings (SSSR count). The first kappa shape index (κ1) is 30.0. The quantitative estimate of drug-likeness (QED) is 0.186. The molecule has 33 heavy (non-hydrogen) atoms. The van der Waals surface area contributed by atoms with Crippen molar-refractivity contribution in [3.63, 3.8) is 0 Å². The molecule has 0 spiro atoms. The van der Waals surface area contributed by atoms with Crippen LogP contribution in [0.5, 0.6) is 0 Å². The van der Waals surface area contributed by atoms with Gasteiger partial charge in [-0.2, -0.15) is 0 Å². The monoisotopic (exact) mass is 466 g/mol. The first-order valence-corrected chi connectivity index (χ1v) is 14.1. The van der Waals surface area contributed by atoms with Crippen molar-refractivity contribution in [1.82, 2.24) is 0 Å². The number of aliphatic carboxylic acids is 2. The van der Waals surface area contributed by atoms with Crippen LogP contribution in [0.25, 0.3) is 0 Å². The van der Waals surface area contributed by atoms with Gasteiger partial charge < -0.3 is 10.2 Å². The number of hydrogen-bond acceptors (Lipinski definition) is 2. The van der Waals surface area contributed by atoms with Gasteiger partial charge in [0.15, 0.2) is 0 Å². The molecule has 1 aliphatic rings. The summed E-state index contributed by atoms with van der Waals surface area (Å²) in [6, 6.07) is 0. The van der Waals surface area contributed by atoms with Gasteiger partial charge in [0.2, 0.25) is 0 Å². The summed E-state index contributed by atoms with van der Waals surface area (Å²) in [6.45, 7) is 8.63. The highest BCUT2D eigenvalue weighted by Gasteiger charge is 2.61. The van der Waals surface area contributed by atoms with Gasteiger partial charge in [0.05, 0.1) is 10.8 Å². The van der Waals surface area contributed by atoms with E-state index < -0.39 is 22.8 Å². The normalized spacial score (nSPS) is 23.3. The Kier molecular flexibility index (Phi) is 14.3. The Balaban J connectivity index is 2.32. The Morgan fingerprint density at radius 1 is 0.606 bits per heavy atom. The van der Waals surface area contributed by atoms with Gasteiger partial charge in [-0.3, -0.25) is 9.59 Å². The zero-order valence-electron chi connectivity index (χ0n) is 22.3. The molecule has 1 aliphatic carbocycles. The van der Waals surface area contributed by atoms with Gasteiger partial charge in [-0.05, 0) is 37.5 Å². The van der Waals surface area contributed by atoms with E-state index in [1.807, 2.05) is 13.8 Å². The molecular weight excluding hydrogens is 412 g/mol. The van der Waals surface area contributed by atoms with E-state index in [0.29, 0.717) is 25.7 Å². The van der Waals surface area contributed by atoms with Gasteiger partial charge in [-0.25, -0.2) is 0 Å². The molecule has 0 radical (unpaired) electrons. The average molecular weight is 467 g/mol. The van der Waals surface area contributed by atoms with Crippen molar-refractivity contribution >= 4 is 11.9 Å². The lowest BCUT2D eigenvalue weighted by atomic mass is 9.51. The number of carbonyl (C=O) groups is 2. The van der Waals surface area contributed by atoms with Gasteiger partial charge in [0.25, 0.3) is 0 Å². The van der Waals surface area contributed by atoms with Crippen LogP contribution in [0.15, 0.2) is 0 Å². The van der Waals surface area contributed by atoms with Crippen LogP contribution in [-0.2, 0) is 9.59 Å². The Bertz CT molecular complexity index is 556. The molecule has 4 nitrogen and oxygen atoms in total. The molecule has 1 saturated carbocycles. The number of carboxylic acid groups (broad SMARTS) is 2. The fraction of sp³-hybridized carbons (Fsp3) is 0.931. The van der Waals surface area contributed by atoms with Crippen LogP contribution in [0, 0.1) is 22.7 Å². The molecule has 2 unspecified atom stereocenters. The number of hydrogen-bond donors (Lipinski definition) is 2. The van der Waals surface area contributed by atoms with Crippen LogP contribution in [0.4, 0.5) is 0 Å². The van der Waals surface area contributed by atoms with E-state index >= 15 is 0 Å². The summed E-state index contributed by atoms with van der Waals surface area (Å²) in [5.74, 6) is -0.757. The number of carboxylic acids is 2. The van der Waals surface area contributed by atoms with Gasteiger partial charge in [-0.15, -0.1) is 0 Å². The highest BCUT2D eigenvalue weighted by atomic mass is 16.4. The standard InChI is InChI=1S/C29H54O4/c1-24(2)19-15-13-11-9-7-5-6-8-10-12-14-16-20-28(26(30)31)21-17-18-22-29(28,27(32)33)23-25(3)4/h24-25H,5-23H2,1-4H3,(H,30,31)(H,32,33). The number of rotatable bonds is 19. The molecule has 2 atom stereocenters. The van der Waals surface area contributed by atoms with Crippen LogP contribution in [0.3, 0.4) is 0 Å². The first-order valence-electron chi connectivity index (χ1n) is 14.1. The van der Waals surface area contributed by atoms with Crippen LogP contribution in [0.1, 0.15) is 150 Å². The Labute approximate surface area is 204 Å². The van der Waals surface area contributed by atoms with E-state index in [0.717, 1.165) is 38.0 Å². The fourth-order valence-electron chi connectivity index (χ4n) is 6.26. The molecule has 0 aromatic carbocycles. The topological polar surface area (TPSA) is 74.6 Å². The second-order valence-corrected chi connectivity index (χ2v) is 11.8. The SMILES string of the molecule is CC(C)CCCCCCCCCCCCCCC1(C(=O)O)CCCCC1(CC(C)C)C(=O)O. The maximum Gasteiger partial charge on any atom is 0.310 e. The zero-order chi connectivity index (χ0) is 24.7. The zero-order valence-corrected chi connectivity index (χ0v) is 22.3. The van der Waals surface area contributed by atoms with E-state index in [4.69, 9.17) is 0 Å². The van der Waals surface area contributed by atoms with Gasteiger partial charge in [-0.1, -0.05) is 124 Å². The lowest BCUT2D eigenvalue weighted by molar-refractivity contribution is -0.183. The largest absolute Gasteiger partial charge is 0.481 e. The molecule has 194 valence electrons. The minimum Gasteiger partial charge on any atom is -0.481 e. The first-order chi connectivity index (χ1) is 15.7. The molecular formula is C29H54O4. The number of unbranched alkanes of at least 4 members (excludes halogenated alkanes) is 11. The van der Waals surface area contributed by atoms with Gasteiger partial charge in [0.1, 0.15) is 0 Å². The summed E-state index contributed by atoms with van der Waals surface area (Å²) in [5.41, 5.74) is -2.21. The third-order valence-corrected chi connectivity index (χ3v) is 8.08. The Morgan fingerprint density at radius 2 is 1.00 bits per heavy atom. The molecule has 2 N–H and O–H groups in total. The second kappa shape index (κ2) is 15.8. The van der Waals surface area contributed by atoms with Crippen molar-refractivity contribution in [2.24, 2.45) is 22.7 Å². The average Bonchev–Trinajstić information content (AvgIpc) is 2.74. The molecule has 0 aromatic heterocycles. The van der Waals surface area contributed by atoms with Crippen LogP contribution >= 0.6 is 0 Å². The van der Waals surface area contributed by atoms with E-state index in [1.165, 1.54) is 64.2 Å². The lowest BCUT2D eigenvalue weighted by Gasteiger charge is -2.49. The summed E-state index contributed by atoms with van der Waals surface area (Å²) in [7, 11) is 0. The smallest absolute Gasteiger partial charge is 0.310 e. The highest BCUT2D eigenvalue weighted by Crippen LogP contribution is 2.57. The third kappa shape index (κ3) is 9.61. The van der Waals surface area contributed by atoms with E-state index in [1.54, 1.807) is 0 Å². The van der Waals surface area contributed by atoms with Crippen LogP contribution < -0.4 is 0 Å². The summed E-state index contributed by atoms with van der Waals surface area (Å²) >= 11 is 0. The van der Waals surface area contributed by atoms with Crippen LogP contribution in [-0.4, -0.2) is 22.2 Å². The molecule has 0 aromatic rings. The second-order valence-electron chi connectivity index (χ2n) is 11.8. The van der Waals surface area contributed by atoms with Crippen molar-refractivity contribution in [2.75, 3.05) is 0 Å². The maximum atomic E-state index is 12.5. The van der Waals surface area contributed by atoms with Gasteiger partial charge >= 0.3 is 11.9 Å². The fourth-order valence-corrected chi connectivity index (χ4v) is 6.26. The molecule has 0 heterocycles. The lowest BCUT2D eigenvalue weighted by Crippen LogP contribution is -2.55. The molecule has 1 fully saturated rings. The van der Waals surface area contributed by atoms with Crippen molar-refractivity contribution in [1.29, 1.82) is 0 Å². The minimum absolute atomic E-state index is 0.179. The third-order valence-electron chi connectivity index (χ3n) is 8.08. The van der Waals surface area contributed by atoms with E-state index in [9.17, 15) is 19.8 Å². The molecule has 0 saturated heterocycles. The highest BCUT2D eigenvalue weighted by molar-refractivity contribution is 5.87. The minimum atomic E-state index is -1.11. The van der Waals surface area contributed by atoms with Crippen molar-refractivity contribution in [3.8, 4) is 0 Å². The van der Waals surface area contributed by atoms with E-state index in [2.05, 4.69) is 13.8 Å².